The predicted molar refractivity (Wildman–Crippen MR) is 74.3 cm³/mol. The van der Waals surface area contributed by atoms with Gasteiger partial charge in [0.1, 0.15) is 5.56 Å². The molecule has 1 aromatic heterocycles. The number of carbonyl (C=O) groups excluding carboxylic acids is 2. The number of pyridine rings is 1. The van der Waals surface area contributed by atoms with Crippen molar-refractivity contribution in [2.45, 2.75) is 4.90 Å². The van der Waals surface area contributed by atoms with Crippen LogP contribution in [0.5, 0.6) is 0 Å². The van der Waals surface area contributed by atoms with Gasteiger partial charge in [-0.15, -0.1) is 12.6 Å². The summed E-state index contributed by atoms with van der Waals surface area (Å²) in [6, 6.07) is 6.68. The quantitative estimate of drug-likeness (QED) is 0.307. The number of esters is 2. The number of rotatable bonds is 3. The monoisotopic (exact) mass is 304 g/mol. The van der Waals surface area contributed by atoms with E-state index < -0.39 is 22.5 Å². The Kier molecular flexibility index (Phi) is 4.29. The van der Waals surface area contributed by atoms with Crippen molar-refractivity contribution in [3.05, 3.63) is 64.0 Å². The Balaban J connectivity index is 2.28. The van der Waals surface area contributed by atoms with E-state index in [2.05, 4.69) is 22.3 Å². The molecule has 21 heavy (non-hydrogen) atoms. The van der Waals surface area contributed by atoms with Crippen molar-refractivity contribution in [3.8, 4) is 0 Å². The number of carbonyl (C=O) groups is 2. The molecule has 2 aromatic rings. The van der Waals surface area contributed by atoms with Crippen LogP contribution in [-0.4, -0.2) is 21.8 Å². The zero-order chi connectivity index (χ0) is 15.4. The Morgan fingerprint density at radius 3 is 2.43 bits per heavy atom. The summed E-state index contributed by atoms with van der Waals surface area (Å²) in [7, 11) is 0. The van der Waals surface area contributed by atoms with E-state index in [4.69, 9.17) is 0 Å². The lowest BCUT2D eigenvalue weighted by Gasteiger charge is -2.05. The molecule has 8 heteroatoms. The van der Waals surface area contributed by atoms with Gasteiger partial charge in [-0.05, 0) is 24.3 Å². The third-order valence-electron chi connectivity index (χ3n) is 2.52. The Morgan fingerprint density at radius 1 is 1.14 bits per heavy atom. The number of hydrogen-bond donors (Lipinski definition) is 1. The molecule has 0 aliphatic heterocycles. The van der Waals surface area contributed by atoms with Crippen LogP contribution in [0.25, 0.3) is 0 Å². The second-order valence-corrected chi connectivity index (χ2v) is 4.33. The zero-order valence-corrected chi connectivity index (χ0v) is 11.3. The van der Waals surface area contributed by atoms with Crippen molar-refractivity contribution >= 4 is 30.3 Å². The van der Waals surface area contributed by atoms with Gasteiger partial charge in [0.15, 0.2) is 0 Å². The van der Waals surface area contributed by atoms with Gasteiger partial charge in [-0.3, -0.25) is 15.1 Å². The molecule has 0 saturated carbocycles. The molecule has 0 spiro atoms. The first-order valence-electron chi connectivity index (χ1n) is 5.63. The summed E-state index contributed by atoms with van der Waals surface area (Å²) >= 11 is 3.92. The van der Waals surface area contributed by atoms with Gasteiger partial charge in [0.2, 0.25) is 0 Å². The van der Waals surface area contributed by atoms with E-state index in [1.807, 2.05) is 0 Å². The summed E-state index contributed by atoms with van der Waals surface area (Å²) < 4.78 is 4.62. The molecule has 0 fully saturated rings. The fraction of sp³-hybridized carbons (Fsp3) is 0. The number of benzene rings is 1. The molecular formula is C13H8N2O5S. The maximum absolute atomic E-state index is 11.9. The average molecular weight is 304 g/mol. The van der Waals surface area contributed by atoms with Crippen LogP contribution in [0.2, 0.25) is 0 Å². The molecule has 0 bridgehead atoms. The van der Waals surface area contributed by atoms with E-state index in [0.29, 0.717) is 0 Å². The maximum atomic E-state index is 11.9. The van der Waals surface area contributed by atoms with Crippen molar-refractivity contribution in [2.24, 2.45) is 0 Å². The number of nitrogens with zero attached hydrogens (tertiary/aromatic N) is 2. The third-order valence-corrected chi connectivity index (χ3v) is 2.88. The zero-order valence-electron chi connectivity index (χ0n) is 10.4. The molecule has 1 aromatic carbocycles. The van der Waals surface area contributed by atoms with Crippen LogP contribution in [0.3, 0.4) is 0 Å². The fourth-order valence-electron chi connectivity index (χ4n) is 1.57. The predicted octanol–water partition coefficient (Wildman–Crippen LogP) is 2.28. The average Bonchev–Trinajstić information content (AvgIpc) is 2.47. The second-order valence-electron chi connectivity index (χ2n) is 3.84. The van der Waals surface area contributed by atoms with E-state index in [-0.39, 0.29) is 16.0 Å². The minimum atomic E-state index is -1.11. The van der Waals surface area contributed by atoms with Gasteiger partial charge in [0, 0.05) is 12.4 Å². The lowest BCUT2D eigenvalue weighted by atomic mass is 10.2. The van der Waals surface area contributed by atoms with Crippen LogP contribution >= 0.6 is 12.6 Å². The molecule has 0 aliphatic carbocycles. The topological polar surface area (TPSA) is 99.4 Å². The molecule has 1 heterocycles. The molecule has 0 unspecified atom stereocenters. The first-order chi connectivity index (χ1) is 10.0. The molecule has 0 saturated heterocycles. The van der Waals surface area contributed by atoms with Crippen molar-refractivity contribution in [1.29, 1.82) is 0 Å². The number of nitro groups is 1. The summed E-state index contributed by atoms with van der Waals surface area (Å²) in [6.45, 7) is 0. The molecule has 0 N–H and O–H groups in total. The molecule has 0 atom stereocenters. The highest BCUT2D eigenvalue weighted by molar-refractivity contribution is 7.80. The van der Waals surface area contributed by atoms with Gasteiger partial charge in [-0.25, -0.2) is 9.59 Å². The molecule has 0 amide bonds. The smallest absolute Gasteiger partial charge is 0.353 e. The number of nitro benzene ring substituents is 1. The van der Waals surface area contributed by atoms with Crippen molar-refractivity contribution in [2.75, 3.05) is 0 Å². The van der Waals surface area contributed by atoms with Gasteiger partial charge < -0.3 is 4.74 Å². The van der Waals surface area contributed by atoms with E-state index in [1.165, 1.54) is 42.7 Å². The second kappa shape index (κ2) is 6.14. The Hall–Kier alpha value is -2.74. The number of aromatic nitrogens is 1. The van der Waals surface area contributed by atoms with E-state index >= 15 is 0 Å². The van der Waals surface area contributed by atoms with Gasteiger partial charge in [-0.1, -0.05) is 6.07 Å². The highest BCUT2D eigenvalue weighted by atomic mass is 32.1. The van der Waals surface area contributed by atoms with Gasteiger partial charge in [-0.2, -0.15) is 0 Å². The number of hydrogen-bond acceptors (Lipinski definition) is 7. The molecular weight excluding hydrogens is 296 g/mol. The Bertz CT molecular complexity index is 718. The van der Waals surface area contributed by atoms with E-state index in [1.54, 1.807) is 0 Å². The van der Waals surface area contributed by atoms with Gasteiger partial charge in [0.05, 0.1) is 15.4 Å². The summed E-state index contributed by atoms with van der Waals surface area (Å²) in [6.07, 6.45) is 2.72. The van der Waals surface area contributed by atoms with Crippen LogP contribution in [0, 0.1) is 10.1 Å². The molecule has 7 nitrogen and oxygen atoms in total. The highest BCUT2D eigenvalue weighted by Crippen LogP contribution is 2.27. The summed E-state index contributed by atoms with van der Waals surface area (Å²) in [5.41, 5.74) is -0.730. The first kappa shape index (κ1) is 14.7. The molecule has 0 aliphatic rings. The Labute approximate surface area is 124 Å². The van der Waals surface area contributed by atoms with Crippen molar-refractivity contribution < 1.29 is 19.2 Å². The summed E-state index contributed by atoms with van der Waals surface area (Å²) in [4.78, 5) is 37.6. The lowest BCUT2D eigenvalue weighted by molar-refractivity contribution is -0.388. The van der Waals surface area contributed by atoms with Gasteiger partial charge >= 0.3 is 11.9 Å². The summed E-state index contributed by atoms with van der Waals surface area (Å²) in [5, 5.41) is 11.0. The van der Waals surface area contributed by atoms with Crippen LogP contribution in [-0.2, 0) is 4.74 Å². The number of ether oxygens (including phenoxy) is 1. The maximum Gasteiger partial charge on any atom is 0.353 e. The lowest BCUT2D eigenvalue weighted by Crippen LogP contribution is -2.14. The highest BCUT2D eigenvalue weighted by Gasteiger charge is 2.26. The number of thiol groups is 1. The molecule has 2 rings (SSSR count). The molecule has 106 valence electrons. The normalized spacial score (nSPS) is 9.95. The minimum Gasteiger partial charge on any atom is -0.386 e. The SMILES string of the molecule is O=C(OC(=O)c1cccc(S)c1[N+](=O)[O-])c1ccncc1. The van der Waals surface area contributed by atoms with Crippen LogP contribution in [0.1, 0.15) is 20.7 Å². The van der Waals surface area contributed by atoms with Gasteiger partial charge in [0.25, 0.3) is 5.69 Å². The fourth-order valence-corrected chi connectivity index (χ4v) is 1.86. The molecule has 0 radical (unpaired) electrons. The van der Waals surface area contributed by atoms with Crippen LogP contribution in [0.4, 0.5) is 5.69 Å². The third kappa shape index (κ3) is 3.23. The number of para-hydroxylation sites is 1. The minimum absolute atomic E-state index is 0.00538. The van der Waals surface area contributed by atoms with Crippen molar-refractivity contribution in [3.63, 3.8) is 0 Å². The van der Waals surface area contributed by atoms with Crippen molar-refractivity contribution in [1.82, 2.24) is 4.98 Å². The van der Waals surface area contributed by atoms with E-state index in [9.17, 15) is 19.7 Å². The Morgan fingerprint density at radius 2 is 1.81 bits per heavy atom. The standard InChI is InChI=1S/C13H8N2O5S/c16-12(8-4-6-14-7-5-8)20-13(17)9-2-1-3-10(21)11(9)15(18)19/h1-7,21H. The van der Waals surface area contributed by atoms with Crippen LogP contribution in [0.15, 0.2) is 47.6 Å². The largest absolute Gasteiger partial charge is 0.386 e. The summed E-state index contributed by atoms with van der Waals surface area (Å²) in [5.74, 6) is -2.03. The van der Waals surface area contributed by atoms with Crippen LogP contribution < -0.4 is 0 Å². The first-order valence-corrected chi connectivity index (χ1v) is 6.08. The van der Waals surface area contributed by atoms with E-state index in [0.717, 1.165) is 0 Å².